The van der Waals surface area contributed by atoms with Crippen LogP contribution < -0.4 is 5.32 Å². The number of aromatic carboxylic acids is 1. The SMILES string of the molecule is O=C(O)c1nccc(NCc2ccco2)c1Cl. The minimum atomic E-state index is -1.16. The zero-order valence-electron chi connectivity index (χ0n) is 8.68. The predicted molar refractivity (Wildman–Crippen MR) is 62.2 cm³/mol. The number of rotatable bonds is 4. The average molecular weight is 253 g/mol. The summed E-state index contributed by atoms with van der Waals surface area (Å²) in [5.74, 6) is -0.425. The number of carbonyl (C=O) groups is 1. The van der Waals surface area contributed by atoms with Crippen LogP contribution in [-0.2, 0) is 6.54 Å². The third-order valence-electron chi connectivity index (χ3n) is 2.12. The van der Waals surface area contributed by atoms with E-state index in [2.05, 4.69) is 10.3 Å². The van der Waals surface area contributed by atoms with Gasteiger partial charge >= 0.3 is 5.97 Å². The maximum absolute atomic E-state index is 10.8. The number of nitrogens with zero attached hydrogens (tertiary/aromatic N) is 1. The lowest BCUT2D eigenvalue weighted by Gasteiger charge is -2.07. The first-order valence-corrected chi connectivity index (χ1v) is 5.20. The van der Waals surface area contributed by atoms with Crippen LogP contribution in [0.25, 0.3) is 0 Å². The zero-order chi connectivity index (χ0) is 12.3. The van der Waals surface area contributed by atoms with Gasteiger partial charge in [-0.2, -0.15) is 0 Å². The van der Waals surface area contributed by atoms with E-state index in [1.165, 1.54) is 6.20 Å². The Bertz CT molecular complexity index is 526. The molecule has 0 saturated carbocycles. The number of nitrogens with one attached hydrogen (secondary N) is 1. The van der Waals surface area contributed by atoms with Crippen molar-refractivity contribution in [1.82, 2.24) is 4.98 Å². The third-order valence-corrected chi connectivity index (χ3v) is 2.51. The molecule has 0 unspecified atom stereocenters. The van der Waals surface area contributed by atoms with Gasteiger partial charge in [-0.05, 0) is 18.2 Å². The highest BCUT2D eigenvalue weighted by atomic mass is 35.5. The first-order valence-electron chi connectivity index (χ1n) is 4.82. The van der Waals surface area contributed by atoms with Gasteiger partial charge in [-0.25, -0.2) is 9.78 Å². The Morgan fingerprint density at radius 1 is 1.53 bits per heavy atom. The summed E-state index contributed by atoms with van der Waals surface area (Å²) in [6, 6.07) is 5.19. The normalized spacial score (nSPS) is 10.2. The second-order valence-electron chi connectivity index (χ2n) is 3.26. The summed E-state index contributed by atoms with van der Waals surface area (Å²) in [5, 5.41) is 11.9. The first-order chi connectivity index (χ1) is 8.18. The lowest BCUT2D eigenvalue weighted by atomic mass is 10.3. The fraction of sp³-hybridized carbons (Fsp3) is 0.0909. The third kappa shape index (κ3) is 2.57. The van der Waals surface area contributed by atoms with Crippen molar-refractivity contribution in [2.45, 2.75) is 6.54 Å². The number of aromatic nitrogens is 1. The molecule has 0 aliphatic heterocycles. The highest BCUT2D eigenvalue weighted by Gasteiger charge is 2.13. The van der Waals surface area contributed by atoms with Gasteiger partial charge in [0.1, 0.15) is 5.76 Å². The predicted octanol–water partition coefficient (Wildman–Crippen LogP) is 2.64. The second kappa shape index (κ2) is 4.88. The molecule has 0 bridgehead atoms. The minimum absolute atomic E-state index is 0.0894. The van der Waals surface area contributed by atoms with Crippen molar-refractivity contribution in [1.29, 1.82) is 0 Å². The number of halogens is 1. The van der Waals surface area contributed by atoms with Crippen LogP contribution in [0.2, 0.25) is 5.02 Å². The Labute approximate surface area is 102 Å². The average Bonchev–Trinajstić information content (AvgIpc) is 2.80. The number of anilines is 1. The van der Waals surface area contributed by atoms with Crippen LogP contribution in [-0.4, -0.2) is 16.1 Å². The van der Waals surface area contributed by atoms with Crippen molar-refractivity contribution in [3.8, 4) is 0 Å². The highest BCUT2D eigenvalue weighted by molar-refractivity contribution is 6.35. The van der Waals surface area contributed by atoms with Gasteiger partial charge in [-0.15, -0.1) is 0 Å². The molecular formula is C11H9ClN2O3. The molecule has 2 rings (SSSR count). The van der Waals surface area contributed by atoms with Crippen molar-refractivity contribution < 1.29 is 14.3 Å². The van der Waals surface area contributed by atoms with Crippen molar-refractivity contribution in [2.24, 2.45) is 0 Å². The number of hydrogen-bond donors (Lipinski definition) is 2. The Kier molecular flexibility index (Phi) is 3.30. The van der Waals surface area contributed by atoms with E-state index in [4.69, 9.17) is 21.1 Å². The molecule has 2 heterocycles. The van der Waals surface area contributed by atoms with Gasteiger partial charge in [-0.3, -0.25) is 0 Å². The number of furan rings is 1. The zero-order valence-corrected chi connectivity index (χ0v) is 9.44. The summed E-state index contributed by atoms with van der Waals surface area (Å²) in [7, 11) is 0. The monoisotopic (exact) mass is 252 g/mol. The number of carboxylic acids is 1. The van der Waals surface area contributed by atoms with Gasteiger partial charge < -0.3 is 14.8 Å². The molecule has 0 saturated heterocycles. The smallest absolute Gasteiger partial charge is 0.356 e. The molecule has 88 valence electrons. The molecule has 0 amide bonds. The van der Waals surface area contributed by atoms with Crippen LogP contribution in [0.3, 0.4) is 0 Å². The first kappa shape index (κ1) is 11.5. The molecule has 0 atom stereocenters. The number of pyridine rings is 1. The number of hydrogen-bond acceptors (Lipinski definition) is 4. The van der Waals surface area contributed by atoms with E-state index in [1.54, 1.807) is 24.5 Å². The Morgan fingerprint density at radius 2 is 2.35 bits per heavy atom. The molecule has 0 spiro atoms. The van der Waals surface area contributed by atoms with Crippen LogP contribution in [0.1, 0.15) is 16.2 Å². The second-order valence-corrected chi connectivity index (χ2v) is 3.64. The van der Waals surface area contributed by atoms with Crippen molar-refractivity contribution >= 4 is 23.3 Å². The van der Waals surface area contributed by atoms with Crippen LogP contribution in [0.5, 0.6) is 0 Å². The van der Waals surface area contributed by atoms with E-state index in [0.29, 0.717) is 12.2 Å². The molecule has 2 N–H and O–H groups in total. The molecule has 0 aromatic carbocycles. The Morgan fingerprint density at radius 3 is 3.00 bits per heavy atom. The van der Waals surface area contributed by atoms with Crippen LogP contribution >= 0.6 is 11.6 Å². The maximum Gasteiger partial charge on any atom is 0.356 e. The summed E-state index contributed by atoms with van der Waals surface area (Å²) < 4.78 is 5.14. The van der Waals surface area contributed by atoms with E-state index in [-0.39, 0.29) is 10.7 Å². The van der Waals surface area contributed by atoms with E-state index in [0.717, 1.165) is 5.76 Å². The van der Waals surface area contributed by atoms with Gasteiger partial charge in [-0.1, -0.05) is 11.6 Å². The fourth-order valence-corrected chi connectivity index (χ4v) is 1.58. The van der Waals surface area contributed by atoms with E-state index < -0.39 is 5.97 Å². The maximum atomic E-state index is 10.8. The molecule has 6 heteroatoms. The quantitative estimate of drug-likeness (QED) is 0.875. The van der Waals surface area contributed by atoms with Crippen LogP contribution in [0, 0.1) is 0 Å². The summed E-state index contributed by atoms with van der Waals surface area (Å²) in [6.07, 6.45) is 2.95. The molecule has 2 aromatic heterocycles. The van der Waals surface area contributed by atoms with Gasteiger partial charge in [0.2, 0.25) is 0 Å². The molecule has 2 aromatic rings. The fourth-order valence-electron chi connectivity index (χ4n) is 1.32. The summed E-state index contributed by atoms with van der Waals surface area (Å²) in [5.41, 5.74) is 0.339. The van der Waals surface area contributed by atoms with Gasteiger partial charge in [0, 0.05) is 6.20 Å². The topological polar surface area (TPSA) is 75.4 Å². The minimum Gasteiger partial charge on any atom is -0.476 e. The van der Waals surface area contributed by atoms with Gasteiger partial charge in [0.25, 0.3) is 0 Å². The molecule has 0 aliphatic rings. The van der Waals surface area contributed by atoms with E-state index in [9.17, 15) is 4.79 Å². The van der Waals surface area contributed by atoms with Gasteiger partial charge in [0.15, 0.2) is 5.69 Å². The number of carboxylic acid groups (broad SMARTS) is 1. The molecule has 0 radical (unpaired) electrons. The van der Waals surface area contributed by atoms with E-state index in [1.807, 2.05) is 0 Å². The van der Waals surface area contributed by atoms with Crippen molar-refractivity contribution in [3.05, 3.63) is 47.1 Å². The van der Waals surface area contributed by atoms with E-state index >= 15 is 0 Å². The standard InChI is InChI=1S/C11H9ClN2O3/c12-9-8(3-4-13-10(9)11(15)16)14-6-7-2-1-5-17-7/h1-5H,6H2,(H,13,14)(H,15,16). The highest BCUT2D eigenvalue weighted by Crippen LogP contribution is 2.24. The lowest BCUT2D eigenvalue weighted by molar-refractivity contribution is 0.0691. The molecular weight excluding hydrogens is 244 g/mol. The molecule has 0 fully saturated rings. The Balaban J connectivity index is 2.16. The largest absolute Gasteiger partial charge is 0.476 e. The van der Waals surface area contributed by atoms with Crippen molar-refractivity contribution in [2.75, 3.05) is 5.32 Å². The van der Waals surface area contributed by atoms with Gasteiger partial charge in [0.05, 0.1) is 23.5 Å². The summed E-state index contributed by atoms with van der Waals surface area (Å²) in [4.78, 5) is 14.5. The lowest BCUT2D eigenvalue weighted by Crippen LogP contribution is -2.05. The summed E-state index contributed by atoms with van der Waals surface area (Å²) in [6.45, 7) is 0.426. The summed E-state index contributed by atoms with van der Waals surface area (Å²) >= 11 is 5.91. The van der Waals surface area contributed by atoms with Crippen molar-refractivity contribution in [3.63, 3.8) is 0 Å². The van der Waals surface area contributed by atoms with Crippen LogP contribution in [0.4, 0.5) is 5.69 Å². The molecule has 17 heavy (non-hydrogen) atoms. The molecule has 0 aliphatic carbocycles. The molecule has 5 nitrogen and oxygen atoms in total. The van der Waals surface area contributed by atoms with Crippen LogP contribution in [0.15, 0.2) is 35.1 Å². The Hall–Kier alpha value is -2.01.